The molecule has 2 aliphatic rings. The van der Waals surface area contributed by atoms with Gasteiger partial charge in [-0.25, -0.2) is 4.79 Å². The summed E-state index contributed by atoms with van der Waals surface area (Å²) in [4.78, 5) is 38.4. The molecule has 2 saturated heterocycles. The molecule has 4 amide bonds. The maximum absolute atomic E-state index is 12.9. The SMILES string of the molecule is COc1cc(N)c(Cl)cc1C(=O)N[C@H]1CCN(CCCC2(C)NC(=O)NC2=O)C[C@H]1OC. The maximum Gasteiger partial charge on any atom is 0.322 e. The molecular formula is C21H30ClN5O5. The van der Waals surface area contributed by atoms with E-state index in [9.17, 15) is 14.4 Å². The monoisotopic (exact) mass is 467 g/mol. The van der Waals surface area contributed by atoms with Crippen LogP contribution in [0.1, 0.15) is 36.5 Å². The van der Waals surface area contributed by atoms with Crippen molar-refractivity contribution in [3.63, 3.8) is 0 Å². The number of benzene rings is 1. The number of ether oxygens (including phenoxy) is 2. The average molecular weight is 468 g/mol. The van der Waals surface area contributed by atoms with E-state index in [1.165, 1.54) is 19.2 Å². The zero-order valence-electron chi connectivity index (χ0n) is 18.5. The van der Waals surface area contributed by atoms with E-state index < -0.39 is 11.6 Å². The van der Waals surface area contributed by atoms with Crippen LogP contribution in [0.15, 0.2) is 12.1 Å². The summed E-state index contributed by atoms with van der Waals surface area (Å²) in [5.41, 5.74) is 5.58. The topological polar surface area (TPSA) is 135 Å². The van der Waals surface area contributed by atoms with Gasteiger partial charge in [0.1, 0.15) is 11.3 Å². The van der Waals surface area contributed by atoms with Gasteiger partial charge in [-0.05, 0) is 38.8 Å². The molecule has 32 heavy (non-hydrogen) atoms. The molecule has 1 aromatic carbocycles. The zero-order valence-corrected chi connectivity index (χ0v) is 19.3. The van der Waals surface area contributed by atoms with Crippen LogP contribution in [-0.4, -0.2) is 74.3 Å². The van der Waals surface area contributed by atoms with Crippen LogP contribution in [0.4, 0.5) is 10.5 Å². The number of carbonyl (C=O) groups excluding carboxylic acids is 3. The van der Waals surface area contributed by atoms with Crippen molar-refractivity contribution in [3.05, 3.63) is 22.7 Å². The Labute approximate surface area is 192 Å². The highest BCUT2D eigenvalue weighted by Gasteiger charge is 2.41. The summed E-state index contributed by atoms with van der Waals surface area (Å²) in [5, 5.41) is 8.27. The number of nitrogens with one attached hydrogen (secondary N) is 3. The van der Waals surface area contributed by atoms with E-state index in [4.69, 9.17) is 26.8 Å². The number of amides is 4. The van der Waals surface area contributed by atoms with Crippen molar-refractivity contribution in [2.24, 2.45) is 0 Å². The third kappa shape index (κ3) is 5.25. The van der Waals surface area contributed by atoms with E-state index in [-0.39, 0.29) is 29.0 Å². The number of anilines is 1. The summed E-state index contributed by atoms with van der Waals surface area (Å²) >= 11 is 6.09. The van der Waals surface area contributed by atoms with Crippen LogP contribution < -0.4 is 26.4 Å². The summed E-state index contributed by atoms with van der Waals surface area (Å²) < 4.78 is 10.9. The molecule has 0 aliphatic carbocycles. The quantitative estimate of drug-likeness (QED) is 0.332. The van der Waals surface area contributed by atoms with Crippen molar-refractivity contribution in [2.45, 2.75) is 43.9 Å². The van der Waals surface area contributed by atoms with Gasteiger partial charge >= 0.3 is 6.03 Å². The fourth-order valence-corrected chi connectivity index (χ4v) is 4.32. The summed E-state index contributed by atoms with van der Waals surface area (Å²) in [6.07, 6.45) is 1.77. The number of hydrogen-bond donors (Lipinski definition) is 4. The van der Waals surface area contributed by atoms with Gasteiger partial charge in [0.25, 0.3) is 11.8 Å². The van der Waals surface area contributed by atoms with Crippen LogP contribution in [0.2, 0.25) is 5.02 Å². The molecule has 10 nitrogen and oxygen atoms in total. The molecule has 0 aromatic heterocycles. The van der Waals surface area contributed by atoms with Gasteiger partial charge in [-0.2, -0.15) is 0 Å². The Morgan fingerprint density at radius 2 is 2.12 bits per heavy atom. The van der Waals surface area contributed by atoms with Gasteiger partial charge < -0.3 is 30.7 Å². The van der Waals surface area contributed by atoms with E-state index in [0.717, 1.165) is 19.5 Å². The second-order valence-electron chi connectivity index (χ2n) is 8.36. The number of nitrogens with two attached hydrogens (primary N) is 1. The minimum atomic E-state index is -0.872. The Hall–Kier alpha value is -2.56. The van der Waals surface area contributed by atoms with Crippen molar-refractivity contribution in [2.75, 3.05) is 39.6 Å². The lowest BCUT2D eigenvalue weighted by Crippen LogP contribution is -2.55. The zero-order chi connectivity index (χ0) is 23.5. The standard InChI is InChI=1S/C21H30ClN5O5/c1-21(19(29)25-20(30)26-21)6-4-7-27-8-5-15(17(11-27)32-3)24-18(28)12-9-13(22)14(23)10-16(12)31-2/h9-10,15,17H,4-8,11,23H2,1-3H3,(H,24,28)(H2,25,26,29,30)/t15-,17+,21?/m0/s1. The molecule has 3 atom stereocenters. The van der Waals surface area contributed by atoms with E-state index >= 15 is 0 Å². The first-order chi connectivity index (χ1) is 15.2. The third-order valence-electron chi connectivity index (χ3n) is 6.09. The molecule has 176 valence electrons. The second-order valence-corrected chi connectivity index (χ2v) is 8.77. The van der Waals surface area contributed by atoms with Crippen LogP contribution in [0.5, 0.6) is 5.75 Å². The minimum Gasteiger partial charge on any atom is -0.496 e. The molecule has 2 aliphatic heterocycles. The van der Waals surface area contributed by atoms with Crippen LogP contribution in [0.25, 0.3) is 0 Å². The van der Waals surface area contributed by atoms with Gasteiger partial charge in [0.05, 0.1) is 35.5 Å². The van der Waals surface area contributed by atoms with Gasteiger partial charge in [0.15, 0.2) is 0 Å². The number of carbonyl (C=O) groups is 3. The van der Waals surface area contributed by atoms with Gasteiger partial charge in [-0.3, -0.25) is 14.9 Å². The van der Waals surface area contributed by atoms with Gasteiger partial charge in [0, 0.05) is 26.3 Å². The highest BCUT2D eigenvalue weighted by atomic mass is 35.5. The highest BCUT2D eigenvalue weighted by molar-refractivity contribution is 6.33. The number of methoxy groups -OCH3 is 2. The molecule has 11 heteroatoms. The fraction of sp³-hybridized carbons (Fsp3) is 0.571. The molecule has 1 aromatic rings. The van der Waals surface area contributed by atoms with Gasteiger partial charge in [-0.1, -0.05) is 11.6 Å². The van der Waals surface area contributed by atoms with Gasteiger partial charge in [0.2, 0.25) is 0 Å². The molecule has 2 heterocycles. The second kappa shape index (κ2) is 9.93. The predicted octanol–water partition coefficient (Wildman–Crippen LogP) is 1.13. The molecule has 0 bridgehead atoms. The Morgan fingerprint density at radius 3 is 2.75 bits per heavy atom. The molecule has 2 fully saturated rings. The van der Waals surface area contributed by atoms with E-state index in [2.05, 4.69) is 20.9 Å². The Balaban J connectivity index is 1.54. The Kier molecular flexibility index (Phi) is 7.47. The first-order valence-corrected chi connectivity index (χ1v) is 10.9. The smallest absolute Gasteiger partial charge is 0.322 e. The van der Waals surface area contributed by atoms with Crippen molar-refractivity contribution in [3.8, 4) is 5.75 Å². The molecule has 1 unspecified atom stereocenters. The molecule has 5 N–H and O–H groups in total. The number of piperidine rings is 1. The molecule has 0 radical (unpaired) electrons. The largest absolute Gasteiger partial charge is 0.496 e. The number of imide groups is 1. The lowest BCUT2D eigenvalue weighted by atomic mass is 9.95. The number of hydrogen-bond acceptors (Lipinski definition) is 7. The number of urea groups is 1. The summed E-state index contributed by atoms with van der Waals surface area (Å²) in [7, 11) is 3.09. The van der Waals surface area contributed by atoms with Crippen molar-refractivity contribution in [1.82, 2.24) is 20.9 Å². The van der Waals surface area contributed by atoms with E-state index in [1.807, 2.05) is 0 Å². The van der Waals surface area contributed by atoms with Crippen LogP contribution >= 0.6 is 11.6 Å². The first-order valence-electron chi connectivity index (χ1n) is 10.5. The maximum atomic E-state index is 12.9. The summed E-state index contributed by atoms with van der Waals surface area (Å²) in [6.45, 7) is 3.88. The summed E-state index contributed by atoms with van der Waals surface area (Å²) in [5.74, 6) is -0.246. The minimum absolute atomic E-state index is 0.179. The normalized spacial score (nSPS) is 25.9. The molecule has 0 spiro atoms. The number of halogens is 1. The molecule has 3 rings (SSSR count). The van der Waals surface area contributed by atoms with Gasteiger partial charge in [-0.15, -0.1) is 0 Å². The lowest BCUT2D eigenvalue weighted by Gasteiger charge is -2.38. The molecule has 0 saturated carbocycles. The number of nitrogens with zero attached hydrogens (tertiary/aromatic N) is 1. The van der Waals surface area contributed by atoms with Crippen LogP contribution in [0, 0.1) is 0 Å². The van der Waals surface area contributed by atoms with E-state index in [1.54, 1.807) is 14.0 Å². The predicted molar refractivity (Wildman–Crippen MR) is 120 cm³/mol. The highest BCUT2D eigenvalue weighted by Crippen LogP contribution is 2.29. The Bertz CT molecular complexity index is 898. The van der Waals surface area contributed by atoms with Crippen molar-refractivity contribution >= 4 is 35.1 Å². The summed E-state index contributed by atoms with van der Waals surface area (Å²) in [6, 6.07) is 2.40. The van der Waals surface area contributed by atoms with Crippen LogP contribution in [-0.2, 0) is 9.53 Å². The number of rotatable bonds is 8. The van der Waals surface area contributed by atoms with Crippen LogP contribution in [0.3, 0.4) is 0 Å². The average Bonchev–Trinajstić information content (AvgIpc) is 3.01. The first kappa shape index (κ1) is 24.1. The fourth-order valence-electron chi connectivity index (χ4n) is 4.16. The number of nitrogen functional groups attached to an aromatic ring is 1. The number of likely N-dealkylation sites (tertiary alicyclic amines) is 1. The van der Waals surface area contributed by atoms with E-state index in [0.29, 0.717) is 36.4 Å². The lowest BCUT2D eigenvalue weighted by molar-refractivity contribution is -0.123. The van der Waals surface area contributed by atoms with Crippen molar-refractivity contribution in [1.29, 1.82) is 0 Å². The van der Waals surface area contributed by atoms with Crippen molar-refractivity contribution < 1.29 is 23.9 Å². The Morgan fingerprint density at radius 1 is 1.38 bits per heavy atom. The third-order valence-corrected chi connectivity index (χ3v) is 6.42. The molecular weight excluding hydrogens is 438 g/mol.